The van der Waals surface area contributed by atoms with Crippen LogP contribution in [0, 0.1) is 6.92 Å². The molecule has 6 nitrogen and oxygen atoms in total. The highest BCUT2D eigenvalue weighted by molar-refractivity contribution is 6.32. The summed E-state index contributed by atoms with van der Waals surface area (Å²) in [5.41, 5.74) is 2.88. The number of anilines is 1. The Labute approximate surface area is 173 Å². The second-order valence-electron chi connectivity index (χ2n) is 6.73. The maximum Gasteiger partial charge on any atom is 0.307 e. The van der Waals surface area contributed by atoms with Gasteiger partial charge in [-0.15, -0.1) is 0 Å². The van der Waals surface area contributed by atoms with Gasteiger partial charge in [0.1, 0.15) is 12.4 Å². The van der Waals surface area contributed by atoms with Crippen molar-refractivity contribution in [3.05, 3.63) is 64.8 Å². The zero-order chi connectivity index (χ0) is 20.4. The first kappa shape index (κ1) is 19.2. The summed E-state index contributed by atoms with van der Waals surface area (Å²) in [6, 6.07) is 14.9. The van der Waals surface area contributed by atoms with Crippen molar-refractivity contribution < 1.29 is 19.1 Å². The van der Waals surface area contributed by atoms with Crippen LogP contribution in [-0.2, 0) is 20.9 Å². The van der Waals surface area contributed by atoms with Crippen LogP contribution in [0.1, 0.15) is 17.7 Å². The number of aromatic nitrogens is 1. The predicted octanol–water partition coefficient (Wildman–Crippen LogP) is 4.06. The number of nitrogens with zero attached hydrogens (tertiary/aromatic N) is 2. The summed E-state index contributed by atoms with van der Waals surface area (Å²) in [5, 5.41) is 1.46. The molecule has 0 bridgehead atoms. The first-order valence-corrected chi connectivity index (χ1v) is 9.64. The summed E-state index contributed by atoms with van der Waals surface area (Å²) in [5.74, 6) is 0.0138. The maximum atomic E-state index is 12.3. The number of para-hydroxylation sites is 3. The van der Waals surface area contributed by atoms with Crippen molar-refractivity contribution in [3.8, 4) is 5.75 Å². The van der Waals surface area contributed by atoms with Crippen molar-refractivity contribution in [2.24, 2.45) is 0 Å². The molecule has 4 rings (SSSR count). The molecule has 0 aliphatic carbocycles. The summed E-state index contributed by atoms with van der Waals surface area (Å²) >= 11 is 6.41. The van der Waals surface area contributed by atoms with Crippen LogP contribution in [0.25, 0.3) is 10.9 Å². The quantitative estimate of drug-likeness (QED) is 0.593. The number of benzene rings is 2. The first-order chi connectivity index (χ1) is 14.0. The molecular formula is C22H19ClN2O4. The van der Waals surface area contributed by atoms with Gasteiger partial charge >= 0.3 is 5.97 Å². The number of ether oxygens (including phenoxy) is 2. The summed E-state index contributed by atoms with van der Waals surface area (Å²) in [7, 11) is 0. The Hall–Kier alpha value is -3.12. The number of aryl methyl sites for hydroxylation is 1. The summed E-state index contributed by atoms with van der Waals surface area (Å²) in [4.78, 5) is 30.5. The van der Waals surface area contributed by atoms with E-state index < -0.39 is 5.97 Å². The molecule has 1 aliphatic heterocycles. The van der Waals surface area contributed by atoms with Gasteiger partial charge in [0.25, 0.3) is 5.91 Å². The predicted molar refractivity (Wildman–Crippen MR) is 110 cm³/mol. The lowest BCUT2D eigenvalue weighted by atomic mass is 10.1. The minimum absolute atomic E-state index is 0.0169. The molecule has 0 atom stereocenters. The molecule has 0 spiro atoms. The first-order valence-electron chi connectivity index (χ1n) is 9.26. The third-order valence-corrected chi connectivity index (χ3v) is 5.37. The maximum absolute atomic E-state index is 12.3. The second kappa shape index (κ2) is 8.09. The van der Waals surface area contributed by atoms with Crippen LogP contribution in [0.3, 0.4) is 0 Å². The Kier molecular flexibility index (Phi) is 5.36. The van der Waals surface area contributed by atoms with E-state index in [1.807, 2.05) is 43.3 Å². The summed E-state index contributed by atoms with van der Waals surface area (Å²) < 4.78 is 10.8. The molecule has 2 heterocycles. The van der Waals surface area contributed by atoms with E-state index in [0.717, 1.165) is 16.5 Å². The van der Waals surface area contributed by atoms with Crippen molar-refractivity contribution in [1.82, 2.24) is 4.98 Å². The fourth-order valence-electron chi connectivity index (χ4n) is 3.34. The molecule has 148 valence electrons. The molecule has 1 amide bonds. The highest BCUT2D eigenvalue weighted by Gasteiger charge is 2.25. The highest BCUT2D eigenvalue weighted by Crippen LogP contribution is 2.31. The molecule has 0 saturated heterocycles. The molecule has 0 radical (unpaired) electrons. The van der Waals surface area contributed by atoms with Crippen molar-refractivity contribution in [3.63, 3.8) is 0 Å². The standard InChI is InChI=1S/C22H19ClN2O4/c1-14-15-6-2-3-7-16(15)24-17(22(14)23)12-29-21(27)10-11-25-18-8-4-5-9-19(18)28-13-20(25)26/h2-9H,10-13H2,1H3. The Morgan fingerprint density at radius 1 is 1.21 bits per heavy atom. The molecular weight excluding hydrogens is 392 g/mol. The van der Waals surface area contributed by atoms with Crippen LogP contribution in [0.5, 0.6) is 5.75 Å². The monoisotopic (exact) mass is 410 g/mol. The number of pyridine rings is 1. The largest absolute Gasteiger partial charge is 0.482 e. The van der Waals surface area contributed by atoms with E-state index in [1.165, 1.54) is 0 Å². The van der Waals surface area contributed by atoms with Gasteiger partial charge in [0.05, 0.1) is 28.3 Å². The average Bonchev–Trinajstić information content (AvgIpc) is 2.74. The van der Waals surface area contributed by atoms with E-state index in [1.54, 1.807) is 17.0 Å². The Morgan fingerprint density at radius 2 is 1.97 bits per heavy atom. The minimum atomic E-state index is -0.426. The molecule has 0 unspecified atom stereocenters. The number of carbonyl (C=O) groups is 2. The smallest absolute Gasteiger partial charge is 0.307 e. The Balaban J connectivity index is 1.41. The third-order valence-electron chi connectivity index (χ3n) is 4.86. The van der Waals surface area contributed by atoms with E-state index in [2.05, 4.69) is 4.98 Å². The number of rotatable bonds is 5. The zero-order valence-corrected chi connectivity index (χ0v) is 16.6. The molecule has 0 N–H and O–H groups in total. The van der Waals surface area contributed by atoms with E-state index in [0.29, 0.717) is 22.2 Å². The van der Waals surface area contributed by atoms with E-state index >= 15 is 0 Å². The number of hydrogen-bond acceptors (Lipinski definition) is 5. The lowest BCUT2D eigenvalue weighted by Gasteiger charge is -2.28. The van der Waals surface area contributed by atoms with Gasteiger partial charge in [-0.3, -0.25) is 9.59 Å². The molecule has 29 heavy (non-hydrogen) atoms. The minimum Gasteiger partial charge on any atom is -0.482 e. The van der Waals surface area contributed by atoms with E-state index in [4.69, 9.17) is 21.1 Å². The second-order valence-corrected chi connectivity index (χ2v) is 7.11. The number of hydrogen-bond donors (Lipinski definition) is 0. The molecule has 0 saturated carbocycles. The van der Waals surface area contributed by atoms with Crippen LogP contribution in [0.4, 0.5) is 5.69 Å². The van der Waals surface area contributed by atoms with Gasteiger partial charge in [-0.1, -0.05) is 41.9 Å². The van der Waals surface area contributed by atoms with Gasteiger partial charge < -0.3 is 14.4 Å². The fourth-order valence-corrected chi connectivity index (χ4v) is 3.53. The topological polar surface area (TPSA) is 68.7 Å². The highest BCUT2D eigenvalue weighted by atomic mass is 35.5. The molecule has 0 fully saturated rings. The molecule has 1 aromatic heterocycles. The van der Waals surface area contributed by atoms with Gasteiger partial charge in [-0.05, 0) is 30.7 Å². The van der Waals surface area contributed by atoms with Gasteiger partial charge in [-0.2, -0.15) is 0 Å². The summed E-state index contributed by atoms with van der Waals surface area (Å²) in [6.45, 7) is 2.08. The van der Waals surface area contributed by atoms with Crippen molar-refractivity contribution >= 4 is 40.1 Å². The zero-order valence-electron chi connectivity index (χ0n) is 15.9. The Morgan fingerprint density at radius 3 is 2.83 bits per heavy atom. The lowest BCUT2D eigenvalue weighted by molar-refractivity contribution is -0.144. The third kappa shape index (κ3) is 3.89. The van der Waals surface area contributed by atoms with E-state index in [-0.39, 0.29) is 32.1 Å². The van der Waals surface area contributed by atoms with Crippen LogP contribution in [0.15, 0.2) is 48.5 Å². The van der Waals surface area contributed by atoms with Crippen LogP contribution in [0.2, 0.25) is 5.02 Å². The molecule has 2 aromatic carbocycles. The van der Waals surface area contributed by atoms with Crippen LogP contribution >= 0.6 is 11.6 Å². The molecule has 3 aromatic rings. The van der Waals surface area contributed by atoms with Gasteiger partial charge in [-0.25, -0.2) is 4.98 Å². The van der Waals surface area contributed by atoms with E-state index in [9.17, 15) is 9.59 Å². The number of esters is 1. The van der Waals surface area contributed by atoms with Crippen LogP contribution in [-0.4, -0.2) is 30.0 Å². The van der Waals surface area contributed by atoms with Crippen molar-refractivity contribution in [2.75, 3.05) is 18.1 Å². The normalized spacial score (nSPS) is 13.2. The number of fused-ring (bicyclic) bond motifs is 2. The number of carbonyl (C=O) groups excluding carboxylic acids is 2. The number of amides is 1. The lowest BCUT2D eigenvalue weighted by Crippen LogP contribution is -2.40. The average molecular weight is 411 g/mol. The SMILES string of the molecule is Cc1c(Cl)c(COC(=O)CCN2C(=O)COc3ccccc32)nc2ccccc12. The molecule has 1 aliphatic rings. The van der Waals surface area contributed by atoms with Crippen LogP contribution < -0.4 is 9.64 Å². The van der Waals surface area contributed by atoms with Gasteiger partial charge in [0.15, 0.2) is 6.61 Å². The fraction of sp³-hybridized carbons (Fsp3) is 0.227. The number of halogens is 1. The van der Waals surface area contributed by atoms with Gasteiger partial charge in [0, 0.05) is 11.9 Å². The summed E-state index contributed by atoms with van der Waals surface area (Å²) in [6.07, 6.45) is 0.0598. The van der Waals surface area contributed by atoms with Crippen molar-refractivity contribution in [1.29, 1.82) is 0 Å². The van der Waals surface area contributed by atoms with Crippen molar-refractivity contribution in [2.45, 2.75) is 20.0 Å². The molecule has 7 heteroatoms. The van der Waals surface area contributed by atoms with Gasteiger partial charge in [0.2, 0.25) is 0 Å². The Bertz CT molecular complexity index is 1100.